The van der Waals surface area contributed by atoms with Crippen LogP contribution < -0.4 is 0 Å². The number of nitrogens with zero attached hydrogens (tertiary/aromatic N) is 2. The van der Waals surface area contributed by atoms with Gasteiger partial charge in [-0.1, -0.05) is 19.6 Å². The minimum absolute atomic E-state index is 0.278. The zero-order valence-electron chi connectivity index (χ0n) is 10.9. The minimum Gasteiger partial charge on any atom is -0.463 e. The lowest BCUT2D eigenvalue weighted by Gasteiger charge is -2.15. The van der Waals surface area contributed by atoms with E-state index in [2.05, 4.69) is 29.4 Å². The van der Waals surface area contributed by atoms with Gasteiger partial charge in [-0.25, -0.2) is 9.78 Å². The van der Waals surface area contributed by atoms with Gasteiger partial charge in [0.05, 0.1) is 7.11 Å². The Morgan fingerprint density at radius 2 is 2.18 bits per heavy atom. The highest BCUT2D eigenvalue weighted by atomic mass is 28.3. The molecule has 1 aromatic heterocycles. The van der Waals surface area contributed by atoms with Gasteiger partial charge >= 0.3 is 5.97 Å². The van der Waals surface area contributed by atoms with Crippen molar-refractivity contribution in [1.82, 2.24) is 9.55 Å². The average molecular weight is 256 g/mol. The van der Waals surface area contributed by atoms with Crippen LogP contribution in [0.1, 0.15) is 10.6 Å². The maximum absolute atomic E-state index is 11.3. The second-order valence-corrected chi connectivity index (χ2v) is 10.7. The Labute approximate surface area is 103 Å². The molecule has 96 valence electrons. The van der Waals surface area contributed by atoms with Crippen LogP contribution in [0.25, 0.3) is 0 Å². The van der Waals surface area contributed by atoms with E-state index in [-0.39, 0.29) is 5.82 Å². The summed E-state index contributed by atoms with van der Waals surface area (Å²) in [7, 11) is 0.278. The summed E-state index contributed by atoms with van der Waals surface area (Å²) in [4.78, 5) is 15.3. The number of hydrogen-bond acceptors (Lipinski definition) is 4. The van der Waals surface area contributed by atoms with Crippen molar-refractivity contribution < 1.29 is 14.3 Å². The molecule has 0 N–H and O–H groups in total. The molecule has 0 atom stereocenters. The molecule has 6 heteroatoms. The Morgan fingerprint density at radius 3 is 2.76 bits per heavy atom. The summed E-state index contributed by atoms with van der Waals surface area (Å²) in [6, 6.07) is 1.11. The lowest BCUT2D eigenvalue weighted by atomic mass is 10.6. The summed E-state index contributed by atoms with van der Waals surface area (Å²) in [5.41, 5.74) is 0. The van der Waals surface area contributed by atoms with Crippen molar-refractivity contribution in [1.29, 1.82) is 0 Å². The molecule has 0 aliphatic heterocycles. The molecule has 1 rings (SSSR count). The first-order chi connectivity index (χ1) is 7.94. The predicted molar refractivity (Wildman–Crippen MR) is 67.7 cm³/mol. The fourth-order valence-electron chi connectivity index (χ4n) is 1.24. The first kappa shape index (κ1) is 13.9. The van der Waals surface area contributed by atoms with E-state index >= 15 is 0 Å². The van der Waals surface area contributed by atoms with Crippen LogP contribution in [-0.2, 0) is 16.2 Å². The summed E-state index contributed by atoms with van der Waals surface area (Å²) < 4.78 is 11.8. The number of methoxy groups -OCH3 is 1. The van der Waals surface area contributed by atoms with E-state index in [1.807, 2.05) is 0 Å². The molecular weight excluding hydrogens is 236 g/mol. The highest BCUT2D eigenvalue weighted by molar-refractivity contribution is 6.76. The van der Waals surface area contributed by atoms with Crippen LogP contribution in [0.3, 0.4) is 0 Å². The fraction of sp³-hybridized carbons (Fsp3) is 0.636. The zero-order valence-corrected chi connectivity index (χ0v) is 11.9. The van der Waals surface area contributed by atoms with Gasteiger partial charge in [0.1, 0.15) is 6.73 Å². The number of carbonyl (C=O) groups excluding carboxylic acids is 1. The molecule has 0 aromatic carbocycles. The summed E-state index contributed by atoms with van der Waals surface area (Å²) >= 11 is 0. The molecule has 0 aliphatic rings. The molecule has 0 radical (unpaired) electrons. The van der Waals surface area contributed by atoms with Crippen LogP contribution >= 0.6 is 0 Å². The lowest BCUT2D eigenvalue weighted by molar-refractivity contribution is 0.0531. The van der Waals surface area contributed by atoms with Gasteiger partial charge in [0.2, 0.25) is 5.82 Å². The molecule has 17 heavy (non-hydrogen) atoms. The van der Waals surface area contributed by atoms with Crippen LogP contribution in [0, 0.1) is 0 Å². The molecule has 0 saturated carbocycles. The van der Waals surface area contributed by atoms with E-state index in [1.54, 1.807) is 17.0 Å². The molecule has 0 saturated heterocycles. The number of aromatic nitrogens is 2. The van der Waals surface area contributed by atoms with Crippen LogP contribution in [0.15, 0.2) is 12.4 Å². The quantitative estimate of drug-likeness (QED) is 0.444. The molecular formula is C11H20N2O3Si. The highest BCUT2D eigenvalue weighted by Gasteiger charge is 2.14. The van der Waals surface area contributed by atoms with Crippen LogP contribution in [0.5, 0.6) is 0 Å². The van der Waals surface area contributed by atoms with Crippen molar-refractivity contribution in [3.8, 4) is 0 Å². The highest BCUT2D eigenvalue weighted by Crippen LogP contribution is 2.08. The molecule has 0 spiro atoms. The second kappa shape index (κ2) is 5.97. The summed E-state index contributed by atoms with van der Waals surface area (Å²) in [6.45, 7) is 7.96. The maximum atomic E-state index is 11.3. The van der Waals surface area contributed by atoms with Crippen LogP contribution in [0.4, 0.5) is 0 Å². The number of imidazole rings is 1. The largest absolute Gasteiger partial charge is 0.463 e. The molecule has 0 aliphatic carbocycles. The van der Waals surface area contributed by atoms with Crippen molar-refractivity contribution in [2.24, 2.45) is 0 Å². The van der Waals surface area contributed by atoms with Gasteiger partial charge in [-0.05, 0) is 6.04 Å². The zero-order chi connectivity index (χ0) is 12.9. The van der Waals surface area contributed by atoms with Crippen molar-refractivity contribution in [3.63, 3.8) is 0 Å². The summed E-state index contributed by atoms with van der Waals surface area (Å²) in [5.74, 6) is -0.163. The normalized spacial score (nSPS) is 11.5. The molecule has 0 amide bonds. The van der Waals surface area contributed by atoms with E-state index in [9.17, 15) is 4.79 Å². The van der Waals surface area contributed by atoms with Gasteiger partial charge in [0.15, 0.2) is 0 Å². The van der Waals surface area contributed by atoms with E-state index < -0.39 is 14.0 Å². The smallest absolute Gasteiger partial charge is 0.374 e. The Hall–Kier alpha value is -1.14. The topological polar surface area (TPSA) is 53.3 Å². The minimum atomic E-state index is -1.06. The predicted octanol–water partition coefficient (Wildman–Crippen LogP) is 1.98. The van der Waals surface area contributed by atoms with E-state index in [0.29, 0.717) is 13.3 Å². The molecule has 0 bridgehead atoms. The molecule has 5 nitrogen and oxygen atoms in total. The molecule has 0 unspecified atom stereocenters. The van der Waals surface area contributed by atoms with Crippen molar-refractivity contribution in [2.75, 3.05) is 13.7 Å². The van der Waals surface area contributed by atoms with Gasteiger partial charge in [-0.15, -0.1) is 0 Å². The first-order valence-corrected chi connectivity index (χ1v) is 9.32. The Morgan fingerprint density at radius 1 is 1.47 bits per heavy atom. The van der Waals surface area contributed by atoms with Crippen LogP contribution in [0.2, 0.25) is 25.7 Å². The fourth-order valence-corrected chi connectivity index (χ4v) is 1.99. The van der Waals surface area contributed by atoms with E-state index in [4.69, 9.17) is 4.74 Å². The summed E-state index contributed by atoms with van der Waals surface area (Å²) in [6.07, 6.45) is 3.27. The van der Waals surface area contributed by atoms with Gasteiger partial charge in [0.25, 0.3) is 0 Å². The lowest BCUT2D eigenvalue weighted by Crippen LogP contribution is -2.22. The van der Waals surface area contributed by atoms with Gasteiger partial charge in [0, 0.05) is 27.1 Å². The third-order valence-electron chi connectivity index (χ3n) is 2.31. The van der Waals surface area contributed by atoms with Crippen molar-refractivity contribution >= 4 is 14.0 Å². The first-order valence-electron chi connectivity index (χ1n) is 5.61. The third kappa shape index (κ3) is 4.70. The van der Waals surface area contributed by atoms with E-state index in [0.717, 1.165) is 6.04 Å². The maximum Gasteiger partial charge on any atom is 0.374 e. The summed E-state index contributed by atoms with van der Waals surface area (Å²) in [5, 5.41) is 0. The molecule has 1 aromatic rings. The third-order valence-corrected chi connectivity index (χ3v) is 4.01. The van der Waals surface area contributed by atoms with E-state index in [1.165, 1.54) is 7.11 Å². The Bertz CT molecular complexity index is 371. The number of esters is 1. The Balaban J connectivity index is 2.42. The number of rotatable bonds is 6. The monoisotopic (exact) mass is 256 g/mol. The average Bonchev–Trinajstić information content (AvgIpc) is 2.70. The van der Waals surface area contributed by atoms with Crippen molar-refractivity contribution in [2.45, 2.75) is 32.4 Å². The second-order valence-electron chi connectivity index (χ2n) is 5.06. The Kier molecular flexibility index (Phi) is 4.89. The number of carbonyl (C=O) groups is 1. The van der Waals surface area contributed by atoms with Crippen molar-refractivity contribution in [3.05, 3.63) is 18.2 Å². The van der Waals surface area contributed by atoms with Crippen LogP contribution in [-0.4, -0.2) is 37.3 Å². The standard InChI is InChI=1S/C11H20N2O3Si/c1-15-11(14)10-12-5-6-13(10)9-16-7-8-17(2,3)4/h5-6H,7-9H2,1-4H3. The van der Waals surface area contributed by atoms with Gasteiger partial charge < -0.3 is 14.0 Å². The van der Waals surface area contributed by atoms with Gasteiger partial charge in [-0.3, -0.25) is 0 Å². The van der Waals surface area contributed by atoms with Gasteiger partial charge in [-0.2, -0.15) is 0 Å². The number of ether oxygens (including phenoxy) is 2. The number of hydrogen-bond donors (Lipinski definition) is 0. The SMILES string of the molecule is COC(=O)c1nccn1COCC[Si](C)(C)C. The molecule has 0 fully saturated rings. The molecule has 1 heterocycles.